The maximum Gasteiger partial charge on any atom is 0.181 e. The van der Waals surface area contributed by atoms with Crippen LogP contribution >= 0.6 is 11.6 Å². The van der Waals surface area contributed by atoms with Crippen molar-refractivity contribution in [2.45, 2.75) is 33.1 Å². The molecule has 2 heterocycles. The number of aliphatic hydroxyl groups is 1. The first-order chi connectivity index (χ1) is 8.15. The Hall–Kier alpha value is -1.20. The number of rotatable bonds is 4. The number of hydrogen-bond donors (Lipinski definition) is 1. The highest BCUT2D eigenvalue weighted by molar-refractivity contribution is 6.30. The topological polar surface area (TPSA) is 63.3 Å². The Kier molecular flexibility index (Phi) is 3.59. The first-order valence-corrected chi connectivity index (χ1v) is 6.00. The standard InChI is InChI=1S/C11H15ClN4O/c1-7-8(2)11-14-13-9(5-3-4-6-17)16(11)15-10(7)12/h17H,3-6H2,1-2H3. The zero-order valence-electron chi connectivity index (χ0n) is 9.94. The van der Waals surface area contributed by atoms with Crippen molar-refractivity contribution in [2.24, 2.45) is 0 Å². The molecule has 92 valence electrons. The van der Waals surface area contributed by atoms with Crippen LogP contribution in [0.15, 0.2) is 0 Å². The second-order valence-corrected chi connectivity index (χ2v) is 4.43. The molecule has 0 saturated heterocycles. The third kappa shape index (κ3) is 2.25. The van der Waals surface area contributed by atoms with Crippen LogP contribution in [0.4, 0.5) is 0 Å². The number of halogens is 1. The highest BCUT2D eigenvalue weighted by Gasteiger charge is 2.12. The molecule has 2 rings (SSSR count). The van der Waals surface area contributed by atoms with Crippen LogP contribution in [0, 0.1) is 13.8 Å². The number of nitrogens with zero attached hydrogens (tertiary/aromatic N) is 4. The predicted molar refractivity (Wildman–Crippen MR) is 65.3 cm³/mol. The van der Waals surface area contributed by atoms with Crippen LogP contribution in [-0.2, 0) is 6.42 Å². The number of unbranched alkanes of at least 4 members (excludes halogenated alkanes) is 1. The van der Waals surface area contributed by atoms with E-state index < -0.39 is 0 Å². The number of hydrogen-bond acceptors (Lipinski definition) is 4. The van der Waals surface area contributed by atoms with E-state index in [1.807, 2.05) is 13.8 Å². The van der Waals surface area contributed by atoms with E-state index in [1.165, 1.54) is 0 Å². The molecule has 0 unspecified atom stereocenters. The molecule has 0 spiro atoms. The summed E-state index contributed by atoms with van der Waals surface area (Å²) in [5.41, 5.74) is 2.70. The Morgan fingerprint density at radius 1 is 1.18 bits per heavy atom. The first-order valence-electron chi connectivity index (χ1n) is 5.63. The van der Waals surface area contributed by atoms with E-state index in [0.717, 1.165) is 41.9 Å². The Labute approximate surface area is 104 Å². The molecule has 0 amide bonds. The highest BCUT2D eigenvalue weighted by Crippen LogP contribution is 2.19. The van der Waals surface area contributed by atoms with E-state index in [0.29, 0.717) is 5.15 Å². The first kappa shape index (κ1) is 12.3. The van der Waals surface area contributed by atoms with Gasteiger partial charge in [-0.05, 0) is 32.3 Å². The second-order valence-electron chi connectivity index (χ2n) is 4.07. The van der Waals surface area contributed by atoms with E-state index in [2.05, 4.69) is 15.3 Å². The lowest BCUT2D eigenvalue weighted by atomic mass is 10.2. The van der Waals surface area contributed by atoms with Crippen LogP contribution in [0.1, 0.15) is 29.8 Å². The van der Waals surface area contributed by atoms with Gasteiger partial charge in [-0.25, -0.2) is 0 Å². The lowest BCUT2D eigenvalue weighted by Crippen LogP contribution is -2.03. The lowest BCUT2D eigenvalue weighted by Gasteiger charge is -2.04. The van der Waals surface area contributed by atoms with Crippen molar-refractivity contribution in [3.05, 3.63) is 22.1 Å². The molecule has 0 fully saturated rings. The van der Waals surface area contributed by atoms with Gasteiger partial charge in [-0.3, -0.25) is 0 Å². The molecule has 0 radical (unpaired) electrons. The van der Waals surface area contributed by atoms with Crippen molar-refractivity contribution in [3.8, 4) is 0 Å². The molecule has 0 saturated carbocycles. The van der Waals surface area contributed by atoms with Gasteiger partial charge >= 0.3 is 0 Å². The van der Waals surface area contributed by atoms with Crippen molar-refractivity contribution in [1.29, 1.82) is 0 Å². The smallest absolute Gasteiger partial charge is 0.181 e. The number of fused-ring (bicyclic) bond motifs is 1. The van der Waals surface area contributed by atoms with Crippen LogP contribution in [-0.4, -0.2) is 31.5 Å². The minimum Gasteiger partial charge on any atom is -0.396 e. The summed E-state index contributed by atoms with van der Waals surface area (Å²) in [6.45, 7) is 4.08. The summed E-state index contributed by atoms with van der Waals surface area (Å²) in [5, 5.41) is 21.8. The molecule has 2 aromatic rings. The minimum absolute atomic E-state index is 0.197. The quantitative estimate of drug-likeness (QED) is 0.844. The molecule has 0 aromatic carbocycles. The van der Waals surface area contributed by atoms with Crippen LogP contribution < -0.4 is 0 Å². The normalized spacial score (nSPS) is 11.3. The number of aliphatic hydroxyl groups excluding tert-OH is 1. The Bertz CT molecular complexity index is 538. The molecule has 0 atom stereocenters. The number of aromatic nitrogens is 4. The fourth-order valence-corrected chi connectivity index (χ4v) is 1.90. The van der Waals surface area contributed by atoms with Gasteiger partial charge in [0.2, 0.25) is 0 Å². The molecular weight excluding hydrogens is 240 g/mol. The van der Waals surface area contributed by atoms with E-state index in [4.69, 9.17) is 16.7 Å². The fraction of sp³-hybridized carbons (Fsp3) is 0.545. The van der Waals surface area contributed by atoms with Crippen molar-refractivity contribution < 1.29 is 5.11 Å². The molecular formula is C11H15ClN4O. The van der Waals surface area contributed by atoms with Gasteiger partial charge in [0.25, 0.3) is 0 Å². The summed E-state index contributed by atoms with van der Waals surface area (Å²) in [4.78, 5) is 0. The van der Waals surface area contributed by atoms with E-state index in [1.54, 1.807) is 4.52 Å². The molecule has 0 aliphatic heterocycles. The minimum atomic E-state index is 0.197. The van der Waals surface area contributed by atoms with Crippen molar-refractivity contribution >= 4 is 17.2 Å². The molecule has 1 N–H and O–H groups in total. The molecule has 0 aliphatic carbocycles. The maximum absolute atomic E-state index is 8.75. The van der Waals surface area contributed by atoms with E-state index in [9.17, 15) is 0 Å². The van der Waals surface area contributed by atoms with Gasteiger partial charge in [0.1, 0.15) is 0 Å². The molecule has 0 bridgehead atoms. The van der Waals surface area contributed by atoms with Gasteiger partial charge in [-0.15, -0.1) is 10.2 Å². The van der Waals surface area contributed by atoms with Crippen molar-refractivity contribution in [2.75, 3.05) is 6.61 Å². The van der Waals surface area contributed by atoms with Crippen LogP contribution in [0.3, 0.4) is 0 Å². The highest BCUT2D eigenvalue weighted by atomic mass is 35.5. The largest absolute Gasteiger partial charge is 0.396 e. The average molecular weight is 255 g/mol. The molecule has 0 aliphatic rings. The zero-order valence-corrected chi connectivity index (χ0v) is 10.7. The molecule has 5 nitrogen and oxygen atoms in total. The summed E-state index contributed by atoms with van der Waals surface area (Å²) in [7, 11) is 0. The maximum atomic E-state index is 8.75. The van der Waals surface area contributed by atoms with Gasteiger partial charge in [0.15, 0.2) is 16.6 Å². The van der Waals surface area contributed by atoms with Crippen molar-refractivity contribution in [1.82, 2.24) is 19.8 Å². The summed E-state index contributed by atoms with van der Waals surface area (Å²) >= 11 is 6.06. The van der Waals surface area contributed by atoms with Gasteiger partial charge in [-0.1, -0.05) is 11.6 Å². The lowest BCUT2D eigenvalue weighted by molar-refractivity contribution is 0.284. The Morgan fingerprint density at radius 2 is 1.94 bits per heavy atom. The fourth-order valence-electron chi connectivity index (χ4n) is 1.69. The monoisotopic (exact) mass is 254 g/mol. The van der Waals surface area contributed by atoms with Gasteiger partial charge in [0.05, 0.1) is 0 Å². The third-order valence-corrected chi connectivity index (χ3v) is 3.27. The molecule has 6 heteroatoms. The molecule has 2 aromatic heterocycles. The average Bonchev–Trinajstić information content (AvgIpc) is 2.70. The number of aryl methyl sites for hydroxylation is 2. The summed E-state index contributed by atoms with van der Waals surface area (Å²) in [5.74, 6) is 0.790. The van der Waals surface area contributed by atoms with E-state index in [-0.39, 0.29) is 6.61 Å². The summed E-state index contributed by atoms with van der Waals surface area (Å²) in [6.07, 6.45) is 2.37. The SMILES string of the molecule is Cc1c(Cl)nn2c(CCCCO)nnc2c1C. The van der Waals surface area contributed by atoms with Gasteiger partial charge < -0.3 is 5.11 Å². The second kappa shape index (κ2) is 4.98. The van der Waals surface area contributed by atoms with E-state index >= 15 is 0 Å². The molecule has 17 heavy (non-hydrogen) atoms. The van der Waals surface area contributed by atoms with Crippen LogP contribution in [0.5, 0.6) is 0 Å². The van der Waals surface area contributed by atoms with Crippen LogP contribution in [0.2, 0.25) is 5.15 Å². The zero-order chi connectivity index (χ0) is 12.4. The third-order valence-electron chi connectivity index (χ3n) is 2.91. The predicted octanol–water partition coefficient (Wildman–Crippen LogP) is 1.71. The van der Waals surface area contributed by atoms with Gasteiger partial charge in [-0.2, -0.15) is 9.61 Å². The summed E-state index contributed by atoms with van der Waals surface area (Å²) in [6, 6.07) is 0. The van der Waals surface area contributed by atoms with Gasteiger partial charge in [0, 0.05) is 18.6 Å². The summed E-state index contributed by atoms with van der Waals surface area (Å²) < 4.78 is 1.70. The van der Waals surface area contributed by atoms with Crippen molar-refractivity contribution in [3.63, 3.8) is 0 Å². The van der Waals surface area contributed by atoms with Crippen LogP contribution in [0.25, 0.3) is 5.65 Å². The Balaban J connectivity index is 2.39. The Morgan fingerprint density at radius 3 is 2.65 bits per heavy atom.